The second kappa shape index (κ2) is 4.84. The van der Waals surface area contributed by atoms with E-state index in [4.69, 9.17) is 5.84 Å². The molecule has 96 valence electrons. The van der Waals surface area contributed by atoms with Crippen LogP contribution in [0.1, 0.15) is 5.01 Å². The number of nitrogen functional groups attached to an aromatic ring is 1. The van der Waals surface area contributed by atoms with Gasteiger partial charge in [-0.05, 0) is 19.1 Å². The minimum absolute atomic E-state index is 0.182. The van der Waals surface area contributed by atoms with E-state index in [9.17, 15) is 8.42 Å². The summed E-state index contributed by atoms with van der Waals surface area (Å²) >= 11 is 1.13. The van der Waals surface area contributed by atoms with Crippen molar-refractivity contribution in [1.82, 2.24) is 15.2 Å². The number of rotatable bonds is 4. The van der Waals surface area contributed by atoms with Gasteiger partial charge in [-0.15, -0.1) is 10.2 Å². The van der Waals surface area contributed by atoms with Crippen molar-refractivity contribution in [3.05, 3.63) is 23.3 Å². The van der Waals surface area contributed by atoms with E-state index < -0.39 is 10.0 Å². The van der Waals surface area contributed by atoms with Gasteiger partial charge >= 0.3 is 0 Å². The van der Waals surface area contributed by atoms with Gasteiger partial charge in [-0.25, -0.2) is 4.98 Å². The maximum atomic E-state index is 12.1. The third kappa shape index (κ3) is 2.55. The van der Waals surface area contributed by atoms with Crippen LogP contribution in [0.2, 0.25) is 0 Å². The maximum absolute atomic E-state index is 12.1. The molecule has 18 heavy (non-hydrogen) atoms. The molecule has 0 unspecified atom stereocenters. The Morgan fingerprint density at radius 1 is 1.39 bits per heavy atom. The van der Waals surface area contributed by atoms with Crippen molar-refractivity contribution in [2.24, 2.45) is 5.84 Å². The lowest BCUT2D eigenvalue weighted by Crippen LogP contribution is -2.18. The van der Waals surface area contributed by atoms with Gasteiger partial charge in [0.25, 0.3) is 10.0 Å². The number of nitrogens with one attached hydrogen (secondary N) is 2. The Bertz CT molecular complexity index is 653. The largest absolute Gasteiger partial charge is 0.321 e. The fraction of sp³-hybridized carbons (Fsp3) is 0.125. The van der Waals surface area contributed by atoms with Crippen LogP contribution in [0.3, 0.4) is 0 Å². The van der Waals surface area contributed by atoms with Crippen molar-refractivity contribution in [1.29, 1.82) is 0 Å². The molecule has 0 aliphatic rings. The molecule has 4 N–H and O–H groups in total. The summed E-state index contributed by atoms with van der Waals surface area (Å²) in [5.41, 5.74) is 2.48. The van der Waals surface area contributed by atoms with Crippen molar-refractivity contribution in [3.8, 4) is 0 Å². The molecular weight excluding hydrogens is 276 g/mol. The molecule has 10 heteroatoms. The molecule has 0 saturated carbocycles. The fourth-order valence-electron chi connectivity index (χ4n) is 1.22. The number of aryl methyl sites for hydroxylation is 1. The number of hydrogen-bond acceptors (Lipinski definition) is 8. The van der Waals surface area contributed by atoms with Crippen LogP contribution in [0.15, 0.2) is 23.4 Å². The lowest BCUT2D eigenvalue weighted by atomic mass is 10.4. The van der Waals surface area contributed by atoms with Crippen LogP contribution in [-0.4, -0.2) is 23.6 Å². The van der Waals surface area contributed by atoms with Gasteiger partial charge in [0.1, 0.15) is 5.01 Å². The number of pyridine rings is 1. The standard InChI is InChI=1S/C8H10N6O2S2/c1-5-12-13-8(17-5)14-18(15,16)7-6(11-9)3-2-4-10-7/h2-4,11H,9H2,1H3,(H,13,14). The number of nitrogens with two attached hydrogens (primary N) is 1. The first-order valence-corrected chi connectivity index (χ1v) is 7.07. The van der Waals surface area contributed by atoms with E-state index in [1.807, 2.05) is 0 Å². The van der Waals surface area contributed by atoms with Gasteiger partial charge in [0.2, 0.25) is 10.2 Å². The number of anilines is 2. The van der Waals surface area contributed by atoms with Gasteiger partial charge in [-0.1, -0.05) is 11.3 Å². The normalized spacial score (nSPS) is 11.2. The molecule has 0 atom stereocenters. The van der Waals surface area contributed by atoms with E-state index in [2.05, 4.69) is 25.3 Å². The Morgan fingerprint density at radius 2 is 2.17 bits per heavy atom. The average molecular weight is 286 g/mol. The first kappa shape index (κ1) is 12.7. The van der Waals surface area contributed by atoms with Gasteiger partial charge in [0.05, 0.1) is 5.69 Å². The minimum Gasteiger partial charge on any atom is -0.321 e. The Labute approximate surface area is 107 Å². The highest BCUT2D eigenvalue weighted by Crippen LogP contribution is 2.22. The van der Waals surface area contributed by atoms with Crippen LogP contribution in [0.25, 0.3) is 0 Å². The molecule has 0 saturated heterocycles. The monoisotopic (exact) mass is 286 g/mol. The van der Waals surface area contributed by atoms with Gasteiger partial charge in [-0.2, -0.15) is 8.42 Å². The lowest BCUT2D eigenvalue weighted by molar-refractivity contribution is 0.598. The first-order valence-electron chi connectivity index (χ1n) is 4.77. The van der Waals surface area contributed by atoms with Crippen molar-refractivity contribution in [2.45, 2.75) is 11.9 Å². The zero-order valence-electron chi connectivity index (χ0n) is 9.28. The quantitative estimate of drug-likeness (QED) is 0.546. The summed E-state index contributed by atoms with van der Waals surface area (Å²) in [6.07, 6.45) is 1.36. The van der Waals surface area contributed by atoms with E-state index in [1.54, 1.807) is 13.0 Å². The molecule has 0 aliphatic heterocycles. The molecule has 0 radical (unpaired) electrons. The van der Waals surface area contributed by atoms with E-state index in [1.165, 1.54) is 12.3 Å². The van der Waals surface area contributed by atoms with E-state index in [-0.39, 0.29) is 15.8 Å². The molecule has 0 aromatic carbocycles. The molecule has 0 aliphatic carbocycles. The van der Waals surface area contributed by atoms with Crippen LogP contribution in [0.5, 0.6) is 0 Å². The van der Waals surface area contributed by atoms with Gasteiger partial charge in [0.15, 0.2) is 0 Å². The highest BCUT2D eigenvalue weighted by molar-refractivity contribution is 7.93. The van der Waals surface area contributed by atoms with Gasteiger partial charge in [-0.3, -0.25) is 10.6 Å². The van der Waals surface area contributed by atoms with Gasteiger partial charge < -0.3 is 5.43 Å². The number of hydrogen-bond donors (Lipinski definition) is 3. The van der Waals surface area contributed by atoms with E-state index >= 15 is 0 Å². The maximum Gasteiger partial charge on any atom is 0.283 e. The lowest BCUT2D eigenvalue weighted by Gasteiger charge is -2.08. The van der Waals surface area contributed by atoms with Crippen LogP contribution in [-0.2, 0) is 10.0 Å². The zero-order chi connectivity index (χ0) is 13.2. The summed E-state index contributed by atoms with van der Waals surface area (Å²) in [4.78, 5) is 3.79. The van der Waals surface area contributed by atoms with Gasteiger partial charge in [0, 0.05) is 6.20 Å². The van der Waals surface area contributed by atoms with E-state index in [0.717, 1.165) is 11.3 Å². The van der Waals surface area contributed by atoms with E-state index in [0.29, 0.717) is 5.01 Å². The van der Waals surface area contributed by atoms with Crippen molar-refractivity contribution < 1.29 is 8.42 Å². The predicted molar refractivity (Wildman–Crippen MR) is 67.5 cm³/mol. The molecule has 2 rings (SSSR count). The highest BCUT2D eigenvalue weighted by Gasteiger charge is 2.21. The average Bonchev–Trinajstić information content (AvgIpc) is 2.74. The smallest absolute Gasteiger partial charge is 0.283 e. The minimum atomic E-state index is -3.84. The number of hydrazine groups is 1. The third-order valence-corrected chi connectivity index (χ3v) is 4.11. The summed E-state index contributed by atoms with van der Waals surface area (Å²) in [5, 5.41) is 8.04. The molecule has 2 heterocycles. The SMILES string of the molecule is Cc1nnc(NS(=O)(=O)c2ncccc2NN)s1. The summed E-state index contributed by atoms with van der Waals surface area (Å²) < 4.78 is 26.4. The van der Waals surface area contributed by atoms with Crippen LogP contribution in [0.4, 0.5) is 10.8 Å². The molecule has 8 nitrogen and oxygen atoms in total. The summed E-state index contributed by atoms with van der Waals surface area (Å²) in [5.74, 6) is 5.24. The Balaban J connectivity index is 2.36. The third-order valence-electron chi connectivity index (χ3n) is 1.93. The number of sulfonamides is 1. The summed E-state index contributed by atoms with van der Waals surface area (Å²) in [7, 11) is -3.84. The van der Waals surface area contributed by atoms with Crippen molar-refractivity contribution >= 4 is 32.2 Å². The van der Waals surface area contributed by atoms with Crippen molar-refractivity contribution in [3.63, 3.8) is 0 Å². The topological polar surface area (TPSA) is 123 Å². The molecular formula is C8H10N6O2S2. The number of aromatic nitrogens is 3. The molecule has 2 aromatic rings. The molecule has 0 spiro atoms. The summed E-state index contributed by atoms with van der Waals surface area (Å²) in [6.45, 7) is 1.73. The predicted octanol–water partition coefficient (Wildman–Crippen LogP) is 0.328. The van der Waals surface area contributed by atoms with Crippen LogP contribution >= 0.6 is 11.3 Å². The van der Waals surface area contributed by atoms with Crippen LogP contribution < -0.4 is 16.0 Å². The molecule has 2 aromatic heterocycles. The van der Waals surface area contributed by atoms with Crippen molar-refractivity contribution in [2.75, 3.05) is 10.1 Å². The molecule has 0 amide bonds. The molecule has 0 bridgehead atoms. The highest BCUT2D eigenvalue weighted by atomic mass is 32.2. The molecule has 0 fully saturated rings. The Kier molecular flexibility index (Phi) is 3.41. The zero-order valence-corrected chi connectivity index (χ0v) is 10.9. The second-order valence-electron chi connectivity index (χ2n) is 3.23. The number of nitrogens with zero attached hydrogens (tertiary/aromatic N) is 3. The van der Waals surface area contributed by atoms with Crippen LogP contribution in [0, 0.1) is 6.92 Å². The second-order valence-corrected chi connectivity index (χ2v) is 6.01. The first-order chi connectivity index (χ1) is 8.53. The Hall–Kier alpha value is -1.78. The Morgan fingerprint density at radius 3 is 2.78 bits per heavy atom. The fourth-order valence-corrected chi connectivity index (χ4v) is 3.14. The summed E-state index contributed by atoms with van der Waals surface area (Å²) in [6, 6.07) is 3.08.